The van der Waals surface area contributed by atoms with E-state index in [0.29, 0.717) is 64.4 Å². The summed E-state index contributed by atoms with van der Waals surface area (Å²) in [6.45, 7) is 6.65. The van der Waals surface area contributed by atoms with Crippen molar-refractivity contribution in [2.75, 3.05) is 58.9 Å². The third-order valence-corrected chi connectivity index (χ3v) is 9.67. The van der Waals surface area contributed by atoms with Crippen molar-refractivity contribution >= 4 is 24.2 Å². The maximum Gasteiger partial charge on any atom is 0.318 e. The Labute approximate surface area is 268 Å². The number of likely N-dealkylation sites (tertiary alicyclic amines) is 3. The van der Waals surface area contributed by atoms with E-state index in [1.165, 1.54) is 32.4 Å². The second-order valence-corrected chi connectivity index (χ2v) is 12.7. The van der Waals surface area contributed by atoms with E-state index >= 15 is 0 Å². The maximum atomic E-state index is 14.0. The minimum Gasteiger partial charge on any atom is -0.341 e. The summed E-state index contributed by atoms with van der Waals surface area (Å²) >= 11 is 0. The zero-order chi connectivity index (χ0) is 31.3. The van der Waals surface area contributed by atoms with E-state index in [-0.39, 0.29) is 24.0 Å². The van der Waals surface area contributed by atoms with Crippen LogP contribution in [0.15, 0.2) is 53.2 Å². The number of piperidine rings is 3. The zero-order valence-corrected chi connectivity index (χ0v) is 26.7. The first kappa shape index (κ1) is 32.8. The number of carbonyl (C=O) groups excluding carboxylic acids is 3. The number of allylic oxidation sites excluding steroid dienone is 4. The first-order chi connectivity index (χ1) is 22.1. The lowest BCUT2D eigenvalue weighted by Gasteiger charge is -2.41. The molecule has 0 spiro atoms. The van der Waals surface area contributed by atoms with E-state index in [9.17, 15) is 14.4 Å². The predicted octanol–water partition coefficient (Wildman–Crippen LogP) is 3.39. The molecule has 0 unspecified atom stereocenters. The van der Waals surface area contributed by atoms with Crippen LogP contribution in [0, 0.1) is 0 Å². The van der Waals surface area contributed by atoms with Crippen LogP contribution in [0.1, 0.15) is 64.2 Å². The van der Waals surface area contributed by atoms with Gasteiger partial charge < -0.3 is 35.7 Å². The van der Waals surface area contributed by atoms with Crippen LogP contribution in [0.25, 0.3) is 0 Å². The summed E-state index contributed by atoms with van der Waals surface area (Å²) in [4.78, 5) is 48.9. The van der Waals surface area contributed by atoms with Gasteiger partial charge in [0.05, 0.1) is 6.54 Å². The number of amides is 5. The lowest BCUT2D eigenvalue weighted by molar-refractivity contribution is -0.134. The normalized spacial score (nSPS) is 27.7. The molecule has 0 aromatic rings. The van der Waals surface area contributed by atoms with Gasteiger partial charge >= 0.3 is 12.1 Å². The van der Waals surface area contributed by atoms with Crippen LogP contribution in [-0.2, 0) is 4.79 Å². The molecule has 5 aliphatic rings. The first-order valence-corrected chi connectivity index (χ1v) is 17.1. The Balaban J connectivity index is 1.20. The Morgan fingerprint density at radius 3 is 2.40 bits per heavy atom. The number of carbonyl (C=O) groups is 3. The summed E-state index contributed by atoms with van der Waals surface area (Å²) in [6, 6.07) is -0.272. The average molecular weight is 621 g/mol. The Morgan fingerprint density at radius 1 is 0.867 bits per heavy atom. The van der Waals surface area contributed by atoms with Crippen molar-refractivity contribution in [2.24, 2.45) is 5.10 Å². The fraction of sp³-hybridized carbons (Fsp3) is 0.647. The number of hydrogen-bond donors (Lipinski definition) is 3. The van der Waals surface area contributed by atoms with Gasteiger partial charge in [0, 0.05) is 70.4 Å². The van der Waals surface area contributed by atoms with Crippen LogP contribution in [-0.4, -0.2) is 121 Å². The van der Waals surface area contributed by atoms with Crippen molar-refractivity contribution in [3.8, 4) is 0 Å². The molecule has 246 valence electrons. The first-order valence-electron chi connectivity index (χ1n) is 17.1. The fourth-order valence-electron chi connectivity index (χ4n) is 7.10. The number of nitrogens with one attached hydrogen (secondary N) is 3. The number of nitrogens with zero attached hydrogens (tertiary/aromatic N) is 5. The van der Waals surface area contributed by atoms with Gasteiger partial charge in [-0.3, -0.25) is 4.79 Å². The molecule has 11 heteroatoms. The summed E-state index contributed by atoms with van der Waals surface area (Å²) in [5, 5.41) is 10.3. The van der Waals surface area contributed by atoms with Gasteiger partial charge in [0.2, 0.25) is 5.91 Å². The van der Waals surface area contributed by atoms with Crippen molar-refractivity contribution in [1.29, 1.82) is 0 Å². The Hall–Kier alpha value is -3.60. The molecule has 3 fully saturated rings. The maximum absolute atomic E-state index is 14.0. The molecule has 1 atom stereocenters. The van der Waals surface area contributed by atoms with E-state index in [4.69, 9.17) is 0 Å². The summed E-state index contributed by atoms with van der Waals surface area (Å²) in [6.07, 6.45) is 25.1. The number of rotatable bonds is 6. The van der Waals surface area contributed by atoms with Crippen molar-refractivity contribution in [3.63, 3.8) is 0 Å². The van der Waals surface area contributed by atoms with E-state index in [2.05, 4.69) is 38.2 Å². The smallest absolute Gasteiger partial charge is 0.318 e. The summed E-state index contributed by atoms with van der Waals surface area (Å²) in [7, 11) is 0. The SMILES string of the molecule is O=C(N[C@H](CC1=C/C/C=N\NC/C=C\1)C(=O)N1CCC(N2CCCCC2)CC1)N1CCC(N2CC/C=C\C=C/CNC2=O)CC1. The van der Waals surface area contributed by atoms with Gasteiger partial charge in [0.25, 0.3) is 0 Å². The van der Waals surface area contributed by atoms with Gasteiger partial charge in [0.15, 0.2) is 0 Å². The standard InChI is InChI=1S/C34H52N8O3/c43-32(40-23-13-29(14-24-40)39-20-6-4-7-21-39)31(27-28-11-9-18-36-37-19-10-12-28)38-34(45)41-25-15-30(16-26-41)42-22-8-3-1-2-5-17-35-33(42)44/h1-3,5,9,11-12,19,29-31,36H,4,6-8,10,13-18,20-27H2,(H,35,44)(H,38,45)/b3-1-,5-2-,11-9-,28-12+,37-19-/t31-/m1/s1. The lowest BCUT2D eigenvalue weighted by Crippen LogP contribution is -2.57. The molecule has 3 N–H and O–H groups in total. The molecule has 11 nitrogen and oxygen atoms in total. The van der Waals surface area contributed by atoms with Gasteiger partial charge in [0.1, 0.15) is 6.04 Å². The molecule has 5 heterocycles. The molecule has 5 aliphatic heterocycles. The van der Waals surface area contributed by atoms with Crippen LogP contribution in [0.5, 0.6) is 0 Å². The van der Waals surface area contributed by atoms with E-state index < -0.39 is 6.04 Å². The van der Waals surface area contributed by atoms with Gasteiger partial charge in [-0.05, 0) is 63.6 Å². The zero-order valence-electron chi connectivity index (χ0n) is 26.7. The van der Waals surface area contributed by atoms with Gasteiger partial charge in [-0.1, -0.05) is 49.0 Å². The summed E-state index contributed by atoms with van der Waals surface area (Å²) in [5.74, 6) is 0.00249. The number of hydrogen-bond acceptors (Lipinski definition) is 6. The van der Waals surface area contributed by atoms with Crippen LogP contribution in [0.3, 0.4) is 0 Å². The number of hydrazone groups is 1. The molecule has 0 radical (unpaired) electrons. The second-order valence-electron chi connectivity index (χ2n) is 12.7. The Bertz CT molecular complexity index is 1140. The van der Waals surface area contributed by atoms with E-state index in [1.54, 1.807) is 0 Å². The molecule has 0 saturated carbocycles. The second kappa shape index (κ2) is 17.2. The van der Waals surface area contributed by atoms with Crippen molar-refractivity contribution in [3.05, 3.63) is 48.1 Å². The monoisotopic (exact) mass is 620 g/mol. The average Bonchev–Trinajstić information content (AvgIpc) is 3.21. The third-order valence-electron chi connectivity index (χ3n) is 9.67. The lowest BCUT2D eigenvalue weighted by atomic mass is 9.98. The third kappa shape index (κ3) is 9.69. The molecule has 0 aromatic heterocycles. The topological polar surface area (TPSA) is 113 Å². The quantitative estimate of drug-likeness (QED) is 0.422. The summed E-state index contributed by atoms with van der Waals surface area (Å²) in [5.41, 5.74) is 4.00. The predicted molar refractivity (Wildman–Crippen MR) is 178 cm³/mol. The molecular weight excluding hydrogens is 568 g/mol. The number of urea groups is 2. The Kier molecular flexibility index (Phi) is 12.5. The minimum atomic E-state index is -0.643. The van der Waals surface area contributed by atoms with Gasteiger partial charge in [-0.2, -0.15) is 5.10 Å². The van der Waals surface area contributed by atoms with Gasteiger partial charge in [-0.25, -0.2) is 9.59 Å². The van der Waals surface area contributed by atoms with Crippen LogP contribution >= 0.6 is 0 Å². The summed E-state index contributed by atoms with van der Waals surface area (Å²) < 4.78 is 0. The molecule has 5 amide bonds. The molecular formula is C34H52N8O3. The van der Waals surface area contributed by atoms with Crippen molar-refractivity contribution < 1.29 is 14.4 Å². The highest BCUT2D eigenvalue weighted by Gasteiger charge is 2.34. The fourth-order valence-corrected chi connectivity index (χ4v) is 7.10. The van der Waals surface area contributed by atoms with Crippen LogP contribution < -0.4 is 16.1 Å². The molecule has 3 saturated heterocycles. The highest BCUT2D eigenvalue weighted by Crippen LogP contribution is 2.23. The van der Waals surface area contributed by atoms with E-state index in [0.717, 1.165) is 37.9 Å². The van der Waals surface area contributed by atoms with Crippen molar-refractivity contribution in [1.82, 2.24) is 35.7 Å². The Morgan fingerprint density at radius 2 is 1.60 bits per heavy atom. The van der Waals surface area contributed by atoms with Crippen LogP contribution in [0.4, 0.5) is 9.59 Å². The molecule has 0 aliphatic carbocycles. The van der Waals surface area contributed by atoms with E-state index in [1.807, 2.05) is 51.3 Å². The molecule has 0 bridgehead atoms. The minimum absolute atomic E-state index is 0.00249. The molecule has 0 aromatic carbocycles. The highest BCUT2D eigenvalue weighted by molar-refractivity contribution is 5.87. The largest absolute Gasteiger partial charge is 0.341 e. The molecule has 5 rings (SSSR count). The van der Waals surface area contributed by atoms with Crippen molar-refractivity contribution in [2.45, 2.75) is 82.3 Å². The van der Waals surface area contributed by atoms with Gasteiger partial charge in [-0.15, -0.1) is 0 Å². The van der Waals surface area contributed by atoms with Crippen LogP contribution in [0.2, 0.25) is 0 Å². The highest BCUT2D eigenvalue weighted by atomic mass is 16.2. The molecule has 45 heavy (non-hydrogen) atoms.